The highest BCUT2D eigenvalue weighted by atomic mass is 16.5. The van der Waals surface area contributed by atoms with Gasteiger partial charge >= 0.3 is 0 Å². The van der Waals surface area contributed by atoms with E-state index in [1.807, 2.05) is 72.8 Å². The Balaban J connectivity index is 1.51. The topological polar surface area (TPSA) is 100 Å². The summed E-state index contributed by atoms with van der Waals surface area (Å²) in [5, 5.41) is 22.1. The summed E-state index contributed by atoms with van der Waals surface area (Å²) in [6, 6.07) is 25.3. The van der Waals surface area contributed by atoms with Gasteiger partial charge in [-0.1, -0.05) is 60.7 Å². The van der Waals surface area contributed by atoms with Crippen molar-refractivity contribution in [3.05, 3.63) is 95.6 Å². The summed E-state index contributed by atoms with van der Waals surface area (Å²) in [4.78, 5) is 11.4. The molecule has 1 unspecified atom stereocenters. The minimum absolute atomic E-state index is 0.228. The Morgan fingerprint density at radius 3 is 2.36 bits per heavy atom. The first kappa shape index (κ1) is 24.3. The zero-order valence-electron chi connectivity index (χ0n) is 18.4. The molecule has 0 heterocycles. The summed E-state index contributed by atoms with van der Waals surface area (Å²) in [6.07, 6.45) is 0.825. The monoisotopic (exact) mass is 450 g/mol. The van der Waals surface area contributed by atoms with Crippen molar-refractivity contribution in [2.24, 2.45) is 0 Å². The van der Waals surface area contributed by atoms with E-state index in [0.717, 1.165) is 28.9 Å². The molecule has 0 aliphatic heterocycles. The molecule has 3 rings (SSSR count). The van der Waals surface area contributed by atoms with Gasteiger partial charge in [0.1, 0.15) is 24.2 Å². The molecule has 0 aromatic heterocycles. The fourth-order valence-corrected chi connectivity index (χ4v) is 3.33. The number of nitrogens with one attached hydrogen (secondary N) is 2. The van der Waals surface area contributed by atoms with Crippen molar-refractivity contribution in [3.63, 3.8) is 0 Å². The van der Waals surface area contributed by atoms with Gasteiger partial charge in [-0.15, -0.1) is 0 Å². The molecular formula is C26H30N2O5. The second-order valence-electron chi connectivity index (χ2n) is 7.66. The maximum atomic E-state index is 11.4. The predicted octanol–water partition coefficient (Wildman–Crippen LogP) is 2.73. The lowest BCUT2D eigenvalue weighted by atomic mass is 10.0. The van der Waals surface area contributed by atoms with Crippen molar-refractivity contribution in [1.29, 1.82) is 0 Å². The number of ether oxygens (including phenoxy) is 2. The summed E-state index contributed by atoms with van der Waals surface area (Å²) in [5.41, 5.74) is 4.78. The first-order valence-corrected chi connectivity index (χ1v) is 10.9. The van der Waals surface area contributed by atoms with E-state index in [4.69, 9.17) is 14.7 Å². The maximum absolute atomic E-state index is 11.4. The summed E-state index contributed by atoms with van der Waals surface area (Å²) in [5.74, 6) is 0.734. The van der Waals surface area contributed by atoms with E-state index < -0.39 is 12.0 Å². The highest BCUT2D eigenvalue weighted by molar-refractivity contribution is 5.76. The Kier molecular flexibility index (Phi) is 9.72. The van der Waals surface area contributed by atoms with Crippen molar-refractivity contribution >= 4 is 5.91 Å². The molecular weight excluding hydrogens is 420 g/mol. The van der Waals surface area contributed by atoms with Crippen LogP contribution in [0, 0.1) is 0 Å². The van der Waals surface area contributed by atoms with Crippen LogP contribution in [0.2, 0.25) is 0 Å². The van der Waals surface area contributed by atoms with Crippen LogP contribution < -0.4 is 20.3 Å². The van der Waals surface area contributed by atoms with Crippen molar-refractivity contribution in [2.45, 2.75) is 18.9 Å². The van der Waals surface area contributed by atoms with Crippen molar-refractivity contribution in [3.8, 4) is 11.5 Å². The van der Waals surface area contributed by atoms with Gasteiger partial charge in [-0.3, -0.25) is 10.0 Å². The molecule has 174 valence electrons. The number of aliphatic hydroxyl groups excluding tert-OH is 1. The van der Waals surface area contributed by atoms with E-state index in [0.29, 0.717) is 25.3 Å². The molecule has 0 bridgehead atoms. The van der Waals surface area contributed by atoms with E-state index >= 15 is 0 Å². The van der Waals surface area contributed by atoms with Crippen molar-refractivity contribution in [1.82, 2.24) is 10.8 Å². The van der Waals surface area contributed by atoms with Gasteiger partial charge in [-0.05, 0) is 47.9 Å². The molecule has 4 N–H and O–H groups in total. The lowest BCUT2D eigenvalue weighted by molar-refractivity contribution is -0.131. The third-order valence-electron chi connectivity index (χ3n) is 5.00. The van der Waals surface area contributed by atoms with Gasteiger partial charge in [0, 0.05) is 13.0 Å². The summed E-state index contributed by atoms with van der Waals surface area (Å²) >= 11 is 0. The third-order valence-corrected chi connectivity index (χ3v) is 5.00. The van der Waals surface area contributed by atoms with Crippen LogP contribution in [0.5, 0.6) is 11.5 Å². The molecule has 0 saturated carbocycles. The van der Waals surface area contributed by atoms with Crippen LogP contribution >= 0.6 is 0 Å². The first-order chi connectivity index (χ1) is 16.1. The Hall–Kier alpha value is -3.39. The van der Waals surface area contributed by atoms with Crippen LogP contribution in [0.4, 0.5) is 0 Å². The van der Waals surface area contributed by atoms with Crippen molar-refractivity contribution in [2.75, 3.05) is 26.3 Å². The van der Waals surface area contributed by atoms with Crippen LogP contribution in [0.15, 0.2) is 78.9 Å². The van der Waals surface area contributed by atoms with Crippen LogP contribution in [-0.2, 0) is 17.6 Å². The number of para-hydroxylation sites is 1. The summed E-state index contributed by atoms with van der Waals surface area (Å²) in [6.45, 7) is 1.09. The average molecular weight is 451 g/mol. The average Bonchev–Trinajstić information content (AvgIpc) is 2.86. The van der Waals surface area contributed by atoms with E-state index in [2.05, 4.69) is 11.4 Å². The Bertz CT molecular complexity index is 982. The lowest BCUT2D eigenvalue weighted by Crippen LogP contribution is -2.32. The van der Waals surface area contributed by atoms with Gasteiger partial charge in [0.15, 0.2) is 6.61 Å². The molecule has 7 nitrogen and oxygen atoms in total. The molecule has 0 aliphatic carbocycles. The Labute approximate surface area is 193 Å². The number of hydrogen-bond acceptors (Lipinski definition) is 6. The summed E-state index contributed by atoms with van der Waals surface area (Å²) in [7, 11) is 0. The number of rotatable bonds is 13. The molecule has 3 aromatic carbocycles. The van der Waals surface area contributed by atoms with Gasteiger partial charge in [0.2, 0.25) is 0 Å². The van der Waals surface area contributed by atoms with Crippen LogP contribution in [0.25, 0.3) is 0 Å². The number of hydroxylamine groups is 1. The number of amides is 1. The van der Waals surface area contributed by atoms with E-state index in [1.165, 1.54) is 0 Å². The highest BCUT2D eigenvalue weighted by Gasteiger charge is 2.10. The van der Waals surface area contributed by atoms with E-state index in [9.17, 15) is 9.90 Å². The van der Waals surface area contributed by atoms with Crippen LogP contribution in [-0.4, -0.2) is 48.6 Å². The molecule has 1 atom stereocenters. The molecule has 3 aromatic rings. The highest BCUT2D eigenvalue weighted by Crippen LogP contribution is 2.24. The number of aliphatic hydroxyl groups is 1. The molecule has 0 fully saturated rings. The largest absolute Gasteiger partial charge is 0.491 e. The molecule has 0 aliphatic rings. The van der Waals surface area contributed by atoms with E-state index in [-0.39, 0.29) is 13.2 Å². The second kappa shape index (κ2) is 13.2. The van der Waals surface area contributed by atoms with Gasteiger partial charge in [-0.2, -0.15) is 0 Å². The lowest BCUT2D eigenvalue weighted by Gasteiger charge is -2.15. The predicted molar refractivity (Wildman–Crippen MR) is 126 cm³/mol. The van der Waals surface area contributed by atoms with E-state index in [1.54, 1.807) is 5.48 Å². The van der Waals surface area contributed by atoms with Crippen LogP contribution in [0.3, 0.4) is 0 Å². The standard InChI is InChI=1S/C26H30N2O5/c29-23(18-32-24-9-5-2-6-10-24)17-27-14-13-21-11-12-25(33-19-26(30)28-31)22(16-21)15-20-7-3-1-4-8-20/h1-12,16,23,27,29,31H,13-15,17-19H2,(H,28,30). The Morgan fingerprint density at radius 1 is 0.909 bits per heavy atom. The summed E-state index contributed by atoms with van der Waals surface area (Å²) < 4.78 is 11.2. The normalized spacial score (nSPS) is 11.6. The van der Waals surface area contributed by atoms with Crippen molar-refractivity contribution < 1.29 is 24.6 Å². The molecule has 0 radical (unpaired) electrons. The molecule has 0 saturated heterocycles. The first-order valence-electron chi connectivity index (χ1n) is 10.9. The minimum atomic E-state index is -0.608. The minimum Gasteiger partial charge on any atom is -0.491 e. The zero-order chi connectivity index (χ0) is 23.3. The van der Waals surface area contributed by atoms with Crippen LogP contribution in [0.1, 0.15) is 16.7 Å². The van der Waals surface area contributed by atoms with Gasteiger partial charge in [0.25, 0.3) is 5.91 Å². The van der Waals surface area contributed by atoms with Gasteiger partial charge < -0.3 is 19.9 Å². The maximum Gasteiger partial charge on any atom is 0.281 e. The number of hydrogen-bond donors (Lipinski definition) is 4. The number of benzene rings is 3. The Morgan fingerprint density at radius 2 is 1.64 bits per heavy atom. The quantitative estimate of drug-likeness (QED) is 0.182. The molecule has 33 heavy (non-hydrogen) atoms. The third kappa shape index (κ3) is 8.57. The SMILES string of the molecule is O=C(COc1ccc(CCNCC(O)COc2ccccc2)cc1Cc1ccccc1)NO. The molecule has 7 heteroatoms. The number of carbonyl (C=O) groups is 1. The fraction of sp³-hybridized carbons (Fsp3) is 0.269. The second-order valence-corrected chi connectivity index (χ2v) is 7.66. The smallest absolute Gasteiger partial charge is 0.281 e. The molecule has 1 amide bonds. The fourth-order valence-electron chi connectivity index (χ4n) is 3.33. The van der Waals surface area contributed by atoms with Gasteiger partial charge in [-0.25, -0.2) is 5.48 Å². The number of carbonyl (C=O) groups excluding carboxylic acids is 1. The zero-order valence-corrected chi connectivity index (χ0v) is 18.4. The van der Waals surface area contributed by atoms with Gasteiger partial charge in [0.05, 0.1) is 0 Å². The molecule has 0 spiro atoms.